The number of benzene rings is 1. The van der Waals surface area contributed by atoms with Crippen LogP contribution in [0.4, 0.5) is 9.18 Å². The van der Waals surface area contributed by atoms with Crippen molar-refractivity contribution >= 4 is 6.03 Å². The highest BCUT2D eigenvalue weighted by Gasteiger charge is 2.27. The standard InChI is InChI=1S/C14H19FN2O3/c1-20-13-6-10(5-11(15)7-13)8-16-14(19)17-4-2-3-12(17)9-18/h5-7,12,18H,2-4,8-9H2,1H3,(H,16,19). The number of nitrogens with one attached hydrogen (secondary N) is 1. The first kappa shape index (κ1) is 14.6. The number of carbonyl (C=O) groups excluding carboxylic acids is 1. The molecule has 1 aromatic carbocycles. The Balaban J connectivity index is 1.94. The quantitative estimate of drug-likeness (QED) is 0.879. The molecule has 1 saturated heterocycles. The van der Waals surface area contributed by atoms with Crippen molar-refractivity contribution in [1.29, 1.82) is 0 Å². The summed E-state index contributed by atoms with van der Waals surface area (Å²) in [7, 11) is 1.47. The van der Waals surface area contributed by atoms with E-state index < -0.39 is 5.82 Å². The van der Waals surface area contributed by atoms with E-state index >= 15 is 0 Å². The van der Waals surface area contributed by atoms with Crippen molar-refractivity contribution in [3.63, 3.8) is 0 Å². The summed E-state index contributed by atoms with van der Waals surface area (Å²) < 4.78 is 18.3. The van der Waals surface area contributed by atoms with Crippen molar-refractivity contribution in [2.45, 2.75) is 25.4 Å². The second-order valence-corrected chi connectivity index (χ2v) is 4.83. The number of rotatable bonds is 4. The van der Waals surface area contributed by atoms with Crippen LogP contribution in [-0.2, 0) is 6.54 Å². The van der Waals surface area contributed by atoms with Crippen LogP contribution < -0.4 is 10.1 Å². The summed E-state index contributed by atoms with van der Waals surface area (Å²) in [5, 5.41) is 11.9. The Morgan fingerprint density at radius 1 is 1.55 bits per heavy atom. The Labute approximate surface area is 117 Å². The molecule has 0 saturated carbocycles. The maximum absolute atomic E-state index is 13.3. The van der Waals surface area contributed by atoms with Gasteiger partial charge in [0.25, 0.3) is 0 Å². The molecule has 2 N–H and O–H groups in total. The van der Waals surface area contributed by atoms with E-state index in [1.54, 1.807) is 11.0 Å². The van der Waals surface area contributed by atoms with E-state index in [2.05, 4.69) is 5.32 Å². The fourth-order valence-corrected chi connectivity index (χ4v) is 2.41. The molecule has 0 aromatic heterocycles. The monoisotopic (exact) mass is 282 g/mol. The zero-order chi connectivity index (χ0) is 14.5. The number of aliphatic hydroxyl groups is 1. The number of urea groups is 1. The smallest absolute Gasteiger partial charge is 0.317 e. The average Bonchev–Trinajstić information content (AvgIpc) is 2.92. The van der Waals surface area contributed by atoms with Crippen LogP contribution in [0.3, 0.4) is 0 Å². The fraction of sp³-hybridized carbons (Fsp3) is 0.500. The van der Waals surface area contributed by atoms with Crippen LogP contribution in [0, 0.1) is 5.82 Å². The summed E-state index contributed by atoms with van der Waals surface area (Å²) in [5.41, 5.74) is 0.634. The van der Waals surface area contributed by atoms with Crippen LogP contribution in [0.15, 0.2) is 18.2 Å². The van der Waals surface area contributed by atoms with E-state index in [0.29, 0.717) is 17.9 Å². The maximum atomic E-state index is 13.3. The summed E-state index contributed by atoms with van der Waals surface area (Å²) in [6.07, 6.45) is 1.71. The third-order valence-corrected chi connectivity index (χ3v) is 3.46. The van der Waals surface area contributed by atoms with Crippen LogP contribution in [0.1, 0.15) is 18.4 Å². The minimum Gasteiger partial charge on any atom is -0.497 e. The molecule has 20 heavy (non-hydrogen) atoms. The van der Waals surface area contributed by atoms with Gasteiger partial charge in [-0.3, -0.25) is 0 Å². The molecule has 0 spiro atoms. The molecule has 1 fully saturated rings. The SMILES string of the molecule is COc1cc(F)cc(CNC(=O)N2CCCC2CO)c1. The number of aliphatic hydroxyl groups excluding tert-OH is 1. The van der Waals surface area contributed by atoms with Gasteiger partial charge in [-0.15, -0.1) is 0 Å². The van der Waals surface area contributed by atoms with Gasteiger partial charge in [0.15, 0.2) is 0 Å². The summed E-state index contributed by atoms with van der Waals surface area (Å²) >= 11 is 0. The largest absolute Gasteiger partial charge is 0.497 e. The zero-order valence-electron chi connectivity index (χ0n) is 11.4. The van der Waals surface area contributed by atoms with Gasteiger partial charge >= 0.3 is 6.03 Å². The molecule has 6 heteroatoms. The first-order valence-electron chi connectivity index (χ1n) is 6.63. The van der Waals surface area contributed by atoms with E-state index in [1.165, 1.54) is 19.2 Å². The van der Waals surface area contributed by atoms with E-state index in [9.17, 15) is 14.3 Å². The van der Waals surface area contributed by atoms with E-state index in [0.717, 1.165) is 12.8 Å². The van der Waals surface area contributed by atoms with Crippen molar-refractivity contribution in [2.24, 2.45) is 0 Å². The highest BCUT2D eigenvalue weighted by atomic mass is 19.1. The number of nitrogens with zero attached hydrogens (tertiary/aromatic N) is 1. The molecule has 5 nitrogen and oxygen atoms in total. The lowest BCUT2D eigenvalue weighted by molar-refractivity contribution is 0.157. The first-order chi connectivity index (χ1) is 9.63. The number of carbonyl (C=O) groups is 1. The Bertz CT molecular complexity index is 481. The van der Waals surface area contributed by atoms with Gasteiger partial charge in [-0.05, 0) is 30.5 Å². The summed E-state index contributed by atoms with van der Waals surface area (Å²) in [4.78, 5) is 13.6. The Morgan fingerprint density at radius 2 is 2.35 bits per heavy atom. The molecule has 1 heterocycles. The van der Waals surface area contributed by atoms with Gasteiger partial charge < -0.3 is 20.1 Å². The maximum Gasteiger partial charge on any atom is 0.317 e. The number of hydrogen-bond donors (Lipinski definition) is 2. The molecule has 2 rings (SSSR count). The number of methoxy groups -OCH3 is 1. The molecular weight excluding hydrogens is 263 g/mol. The van der Waals surface area contributed by atoms with Gasteiger partial charge in [-0.2, -0.15) is 0 Å². The number of halogens is 1. The van der Waals surface area contributed by atoms with Gasteiger partial charge in [-0.1, -0.05) is 0 Å². The number of amides is 2. The molecule has 1 aliphatic rings. The van der Waals surface area contributed by atoms with Crippen molar-refractivity contribution in [3.8, 4) is 5.75 Å². The Morgan fingerprint density at radius 3 is 3.05 bits per heavy atom. The molecule has 0 bridgehead atoms. The predicted octanol–water partition coefficient (Wildman–Crippen LogP) is 1.50. The van der Waals surface area contributed by atoms with Crippen molar-refractivity contribution < 1.29 is 19.0 Å². The molecule has 1 aliphatic heterocycles. The molecular formula is C14H19FN2O3. The normalized spacial score (nSPS) is 18.1. The molecule has 1 atom stereocenters. The van der Waals surface area contributed by atoms with Crippen LogP contribution in [0.2, 0.25) is 0 Å². The third kappa shape index (κ3) is 3.39. The number of likely N-dealkylation sites (tertiary alicyclic amines) is 1. The molecule has 0 radical (unpaired) electrons. The lowest BCUT2D eigenvalue weighted by Crippen LogP contribution is -2.43. The minimum atomic E-state index is -0.400. The fourth-order valence-electron chi connectivity index (χ4n) is 2.41. The van der Waals surface area contributed by atoms with Gasteiger partial charge in [0, 0.05) is 19.2 Å². The van der Waals surface area contributed by atoms with E-state index in [1.807, 2.05) is 0 Å². The van der Waals surface area contributed by atoms with Gasteiger partial charge in [0.05, 0.1) is 19.8 Å². The van der Waals surface area contributed by atoms with Crippen LogP contribution in [0.5, 0.6) is 5.75 Å². The molecule has 110 valence electrons. The minimum absolute atomic E-state index is 0.0266. The first-order valence-corrected chi connectivity index (χ1v) is 6.63. The van der Waals surface area contributed by atoms with Crippen LogP contribution in [-0.4, -0.2) is 42.3 Å². The highest BCUT2D eigenvalue weighted by molar-refractivity contribution is 5.74. The summed E-state index contributed by atoms with van der Waals surface area (Å²) in [6, 6.07) is 3.97. The van der Waals surface area contributed by atoms with Crippen molar-refractivity contribution in [1.82, 2.24) is 10.2 Å². The highest BCUT2D eigenvalue weighted by Crippen LogP contribution is 2.18. The van der Waals surface area contributed by atoms with E-state index in [-0.39, 0.29) is 25.2 Å². The molecule has 1 aromatic rings. The van der Waals surface area contributed by atoms with Gasteiger partial charge in [-0.25, -0.2) is 9.18 Å². The van der Waals surface area contributed by atoms with Crippen molar-refractivity contribution in [3.05, 3.63) is 29.6 Å². The zero-order valence-corrected chi connectivity index (χ0v) is 11.4. The van der Waals surface area contributed by atoms with E-state index in [4.69, 9.17) is 4.74 Å². The van der Waals surface area contributed by atoms with Crippen LogP contribution >= 0.6 is 0 Å². The predicted molar refractivity (Wildman–Crippen MR) is 72.0 cm³/mol. The Hall–Kier alpha value is -1.82. The molecule has 1 unspecified atom stereocenters. The van der Waals surface area contributed by atoms with Crippen molar-refractivity contribution in [2.75, 3.05) is 20.3 Å². The van der Waals surface area contributed by atoms with Crippen LogP contribution in [0.25, 0.3) is 0 Å². The molecule has 2 amide bonds. The lowest BCUT2D eigenvalue weighted by atomic mass is 10.2. The Kier molecular flexibility index (Phi) is 4.79. The topological polar surface area (TPSA) is 61.8 Å². The second-order valence-electron chi connectivity index (χ2n) is 4.83. The third-order valence-electron chi connectivity index (χ3n) is 3.46. The molecule has 0 aliphatic carbocycles. The summed E-state index contributed by atoms with van der Waals surface area (Å²) in [5.74, 6) is 0.0201. The average molecular weight is 282 g/mol. The van der Waals surface area contributed by atoms with Gasteiger partial charge in [0.1, 0.15) is 11.6 Å². The number of ether oxygens (including phenoxy) is 1. The summed E-state index contributed by atoms with van der Waals surface area (Å²) in [6.45, 7) is 0.840. The number of hydrogen-bond acceptors (Lipinski definition) is 3. The second kappa shape index (κ2) is 6.56. The van der Waals surface area contributed by atoms with Gasteiger partial charge in [0.2, 0.25) is 0 Å². The lowest BCUT2D eigenvalue weighted by Gasteiger charge is -2.23.